The quantitative estimate of drug-likeness (QED) is 0.860. The molecular formula is C20H26N4O. The largest absolute Gasteiger partial charge is 0.376 e. The van der Waals surface area contributed by atoms with Crippen molar-refractivity contribution < 1.29 is 4.74 Å². The molecule has 0 N–H and O–H groups in total. The molecule has 4 rings (SSSR count). The van der Waals surface area contributed by atoms with Crippen molar-refractivity contribution in [3.63, 3.8) is 0 Å². The Kier molecular flexibility index (Phi) is 4.21. The van der Waals surface area contributed by atoms with E-state index in [0.29, 0.717) is 6.61 Å². The summed E-state index contributed by atoms with van der Waals surface area (Å²) < 4.78 is 5.99. The predicted octanol–water partition coefficient (Wildman–Crippen LogP) is 2.52. The van der Waals surface area contributed by atoms with E-state index < -0.39 is 0 Å². The average Bonchev–Trinajstić information content (AvgIpc) is 3.00. The lowest BCUT2D eigenvalue weighted by Gasteiger charge is -2.35. The van der Waals surface area contributed by atoms with Crippen LogP contribution in [-0.2, 0) is 23.3 Å². The standard InChI is InChI=1S/C20H26N4O/c1-15-17-12-25-14-20(18(17)22-19(21-15)23(2)3)9-10-24(13-20)11-16-7-5-4-6-8-16/h4-8H,9-14H2,1-3H3/t20-/m0/s1. The number of fused-ring (bicyclic) bond motifs is 2. The van der Waals surface area contributed by atoms with Crippen LogP contribution in [0.3, 0.4) is 0 Å². The van der Waals surface area contributed by atoms with Gasteiger partial charge in [-0.05, 0) is 25.5 Å². The molecular weight excluding hydrogens is 312 g/mol. The Morgan fingerprint density at radius 1 is 1.20 bits per heavy atom. The summed E-state index contributed by atoms with van der Waals surface area (Å²) in [6.07, 6.45) is 1.09. The lowest BCUT2D eigenvalue weighted by atomic mass is 9.80. The molecule has 0 aliphatic carbocycles. The van der Waals surface area contributed by atoms with Gasteiger partial charge in [-0.1, -0.05) is 30.3 Å². The van der Waals surface area contributed by atoms with Crippen molar-refractivity contribution >= 4 is 5.95 Å². The zero-order chi connectivity index (χ0) is 17.4. The van der Waals surface area contributed by atoms with Crippen LogP contribution >= 0.6 is 0 Å². The summed E-state index contributed by atoms with van der Waals surface area (Å²) in [4.78, 5) is 14.1. The first kappa shape index (κ1) is 16.5. The van der Waals surface area contributed by atoms with Gasteiger partial charge < -0.3 is 9.64 Å². The molecule has 2 aromatic rings. The summed E-state index contributed by atoms with van der Waals surface area (Å²) in [5.41, 5.74) is 4.82. The zero-order valence-corrected chi connectivity index (χ0v) is 15.3. The molecule has 5 heteroatoms. The summed E-state index contributed by atoms with van der Waals surface area (Å²) in [5.74, 6) is 0.805. The van der Waals surface area contributed by atoms with E-state index in [1.165, 1.54) is 16.8 Å². The predicted molar refractivity (Wildman–Crippen MR) is 98.8 cm³/mol. The number of nitrogens with zero attached hydrogens (tertiary/aromatic N) is 4. The molecule has 25 heavy (non-hydrogen) atoms. The molecule has 2 aliphatic rings. The third kappa shape index (κ3) is 3.02. The van der Waals surface area contributed by atoms with Gasteiger partial charge in [0.05, 0.1) is 24.3 Å². The van der Waals surface area contributed by atoms with Crippen molar-refractivity contribution in [3.05, 3.63) is 52.8 Å². The van der Waals surface area contributed by atoms with Gasteiger partial charge >= 0.3 is 0 Å². The Hall–Kier alpha value is -1.98. The van der Waals surface area contributed by atoms with Crippen LogP contribution in [0.5, 0.6) is 0 Å². The maximum absolute atomic E-state index is 5.99. The smallest absolute Gasteiger partial charge is 0.225 e. The first-order valence-corrected chi connectivity index (χ1v) is 8.97. The molecule has 0 radical (unpaired) electrons. The van der Waals surface area contributed by atoms with E-state index in [1.807, 2.05) is 19.0 Å². The Morgan fingerprint density at radius 3 is 2.76 bits per heavy atom. The van der Waals surface area contributed by atoms with Crippen LogP contribution in [0.2, 0.25) is 0 Å². The van der Waals surface area contributed by atoms with E-state index in [-0.39, 0.29) is 5.41 Å². The highest BCUT2D eigenvalue weighted by Gasteiger charge is 2.45. The van der Waals surface area contributed by atoms with Crippen LogP contribution in [-0.4, -0.2) is 48.7 Å². The number of hydrogen-bond donors (Lipinski definition) is 0. The summed E-state index contributed by atoms with van der Waals surface area (Å²) in [6, 6.07) is 10.7. The Labute approximate surface area is 149 Å². The molecule has 1 aromatic heterocycles. The lowest BCUT2D eigenvalue weighted by Crippen LogP contribution is -2.41. The van der Waals surface area contributed by atoms with Gasteiger partial charge in [0.15, 0.2) is 0 Å². The Bertz CT molecular complexity index is 762. The number of ether oxygens (including phenoxy) is 1. The van der Waals surface area contributed by atoms with Gasteiger partial charge in [-0.2, -0.15) is 0 Å². The second-order valence-corrected chi connectivity index (χ2v) is 7.55. The fourth-order valence-corrected chi connectivity index (χ4v) is 4.06. The number of anilines is 1. The lowest BCUT2D eigenvalue weighted by molar-refractivity contribution is 0.0498. The molecule has 0 bridgehead atoms. The van der Waals surface area contributed by atoms with Crippen molar-refractivity contribution in [2.45, 2.75) is 31.9 Å². The minimum Gasteiger partial charge on any atom is -0.376 e. The molecule has 132 valence electrons. The van der Waals surface area contributed by atoms with Crippen LogP contribution in [0.15, 0.2) is 30.3 Å². The second kappa shape index (κ2) is 6.39. The van der Waals surface area contributed by atoms with E-state index in [9.17, 15) is 0 Å². The topological polar surface area (TPSA) is 41.5 Å². The molecule has 1 fully saturated rings. The van der Waals surface area contributed by atoms with Crippen molar-refractivity contribution in [3.8, 4) is 0 Å². The molecule has 3 heterocycles. The molecule has 0 amide bonds. The van der Waals surface area contributed by atoms with Gasteiger partial charge in [-0.3, -0.25) is 4.90 Å². The van der Waals surface area contributed by atoms with E-state index in [0.717, 1.165) is 44.3 Å². The second-order valence-electron chi connectivity index (χ2n) is 7.55. The highest BCUT2D eigenvalue weighted by atomic mass is 16.5. The molecule has 1 atom stereocenters. The highest BCUT2D eigenvalue weighted by molar-refractivity contribution is 5.41. The van der Waals surface area contributed by atoms with Gasteiger partial charge in [-0.15, -0.1) is 0 Å². The first-order chi connectivity index (χ1) is 12.1. The maximum Gasteiger partial charge on any atom is 0.225 e. The van der Waals surface area contributed by atoms with Gasteiger partial charge in [-0.25, -0.2) is 9.97 Å². The molecule has 1 spiro atoms. The van der Waals surface area contributed by atoms with Crippen molar-refractivity contribution in [2.75, 3.05) is 38.7 Å². The average molecular weight is 338 g/mol. The number of likely N-dealkylation sites (tertiary alicyclic amines) is 1. The summed E-state index contributed by atoms with van der Waals surface area (Å²) in [5, 5.41) is 0. The number of rotatable bonds is 3. The SMILES string of the molecule is Cc1nc(N(C)C)nc2c1COC[C@@]21CCN(Cc2ccccc2)C1. The first-order valence-electron chi connectivity index (χ1n) is 8.97. The molecule has 2 aliphatic heterocycles. The van der Waals surface area contributed by atoms with Crippen LogP contribution in [0.4, 0.5) is 5.95 Å². The number of aromatic nitrogens is 2. The van der Waals surface area contributed by atoms with E-state index in [4.69, 9.17) is 9.72 Å². The third-order valence-electron chi connectivity index (χ3n) is 5.41. The van der Waals surface area contributed by atoms with Crippen LogP contribution in [0.1, 0.15) is 28.9 Å². The van der Waals surface area contributed by atoms with Gasteiger partial charge in [0, 0.05) is 38.4 Å². The molecule has 5 nitrogen and oxygen atoms in total. The molecule has 0 saturated carbocycles. The Balaban J connectivity index is 1.64. The van der Waals surface area contributed by atoms with E-state index in [2.05, 4.69) is 47.1 Å². The fraction of sp³-hybridized carbons (Fsp3) is 0.500. The minimum absolute atomic E-state index is 0.000817. The van der Waals surface area contributed by atoms with Crippen LogP contribution in [0, 0.1) is 6.92 Å². The number of benzene rings is 1. The summed E-state index contributed by atoms with van der Waals surface area (Å²) in [6.45, 7) is 6.54. The number of aryl methyl sites for hydroxylation is 1. The maximum atomic E-state index is 5.99. The Morgan fingerprint density at radius 2 is 2.00 bits per heavy atom. The van der Waals surface area contributed by atoms with Crippen molar-refractivity contribution in [1.82, 2.24) is 14.9 Å². The van der Waals surface area contributed by atoms with Gasteiger partial charge in [0.1, 0.15) is 0 Å². The third-order valence-corrected chi connectivity index (χ3v) is 5.41. The fourth-order valence-electron chi connectivity index (χ4n) is 4.06. The van der Waals surface area contributed by atoms with E-state index >= 15 is 0 Å². The highest BCUT2D eigenvalue weighted by Crippen LogP contribution is 2.40. The monoisotopic (exact) mass is 338 g/mol. The van der Waals surface area contributed by atoms with Crippen molar-refractivity contribution in [2.24, 2.45) is 0 Å². The number of hydrogen-bond acceptors (Lipinski definition) is 5. The molecule has 1 saturated heterocycles. The van der Waals surface area contributed by atoms with Gasteiger partial charge in [0.2, 0.25) is 5.95 Å². The van der Waals surface area contributed by atoms with Crippen LogP contribution in [0.25, 0.3) is 0 Å². The zero-order valence-electron chi connectivity index (χ0n) is 15.3. The van der Waals surface area contributed by atoms with Crippen molar-refractivity contribution in [1.29, 1.82) is 0 Å². The normalized spacial score (nSPS) is 23.0. The molecule has 0 unspecified atom stereocenters. The van der Waals surface area contributed by atoms with Crippen LogP contribution < -0.4 is 4.90 Å². The molecule has 1 aromatic carbocycles. The summed E-state index contributed by atoms with van der Waals surface area (Å²) in [7, 11) is 4.01. The minimum atomic E-state index is 0.000817. The van der Waals surface area contributed by atoms with Gasteiger partial charge in [0.25, 0.3) is 0 Å². The summed E-state index contributed by atoms with van der Waals surface area (Å²) >= 11 is 0. The van der Waals surface area contributed by atoms with E-state index in [1.54, 1.807) is 0 Å².